The van der Waals surface area contributed by atoms with E-state index < -0.39 is 10.0 Å². The van der Waals surface area contributed by atoms with Gasteiger partial charge in [0.1, 0.15) is 0 Å². The van der Waals surface area contributed by atoms with Crippen LogP contribution in [0.25, 0.3) is 0 Å². The number of amides is 1. The average Bonchev–Trinajstić information content (AvgIpc) is 2.60. The Morgan fingerprint density at radius 2 is 1.68 bits per heavy atom. The summed E-state index contributed by atoms with van der Waals surface area (Å²) in [6.45, 7) is 4.16. The van der Waals surface area contributed by atoms with Gasteiger partial charge >= 0.3 is 0 Å². The number of nitrogens with zero attached hydrogens (tertiary/aromatic N) is 1. The molecule has 2 aromatic carbocycles. The predicted octanol–water partition coefficient (Wildman–Crippen LogP) is 2.54. The van der Waals surface area contributed by atoms with Crippen LogP contribution < -0.4 is 5.32 Å². The lowest BCUT2D eigenvalue weighted by Crippen LogP contribution is -2.39. The molecule has 1 amide bonds. The lowest BCUT2D eigenvalue weighted by molar-refractivity contribution is -0.121. The second kappa shape index (κ2) is 8.27. The van der Waals surface area contributed by atoms with Crippen LogP contribution in [0.15, 0.2) is 59.5 Å². The molecule has 25 heavy (non-hydrogen) atoms. The van der Waals surface area contributed by atoms with Gasteiger partial charge in [0.2, 0.25) is 15.9 Å². The molecule has 1 unspecified atom stereocenters. The maximum Gasteiger partial charge on any atom is 0.243 e. The van der Waals surface area contributed by atoms with Gasteiger partial charge in [-0.15, -0.1) is 0 Å². The van der Waals surface area contributed by atoms with Crippen LogP contribution in [-0.4, -0.2) is 38.8 Å². The van der Waals surface area contributed by atoms with E-state index >= 15 is 0 Å². The Hall–Kier alpha value is -2.18. The summed E-state index contributed by atoms with van der Waals surface area (Å²) in [5.41, 5.74) is 2.11. The Bertz CT molecular complexity index is 802. The van der Waals surface area contributed by atoms with Gasteiger partial charge < -0.3 is 5.32 Å². The molecule has 0 aliphatic carbocycles. The SMILES string of the molecule is Cc1ccc(S(=O)(=O)N(C)CC(=O)NCC(C)c2ccccc2)cc1. The minimum absolute atomic E-state index is 0.157. The van der Waals surface area contributed by atoms with Crippen LogP contribution in [0.4, 0.5) is 0 Å². The maximum atomic E-state index is 12.5. The van der Waals surface area contributed by atoms with Crippen molar-refractivity contribution in [2.75, 3.05) is 20.1 Å². The molecule has 0 fully saturated rings. The van der Waals surface area contributed by atoms with Gasteiger partial charge in [0.25, 0.3) is 0 Å². The molecule has 0 aromatic heterocycles. The van der Waals surface area contributed by atoms with Gasteiger partial charge in [0, 0.05) is 13.6 Å². The van der Waals surface area contributed by atoms with Gasteiger partial charge in [-0.05, 0) is 30.5 Å². The third kappa shape index (κ3) is 5.14. The second-order valence-electron chi connectivity index (χ2n) is 6.19. The van der Waals surface area contributed by atoms with Gasteiger partial charge in [-0.25, -0.2) is 8.42 Å². The number of rotatable bonds is 7. The number of likely N-dealkylation sites (N-methyl/N-ethyl adjacent to an activating group) is 1. The molecule has 6 heteroatoms. The first-order valence-corrected chi connectivity index (χ1v) is 9.59. The van der Waals surface area contributed by atoms with Crippen molar-refractivity contribution in [1.82, 2.24) is 9.62 Å². The molecule has 1 atom stereocenters. The molecule has 0 aliphatic heterocycles. The molecule has 134 valence electrons. The van der Waals surface area contributed by atoms with Crippen LogP contribution in [0, 0.1) is 6.92 Å². The fraction of sp³-hybridized carbons (Fsp3) is 0.316. The predicted molar refractivity (Wildman–Crippen MR) is 98.9 cm³/mol. The number of benzene rings is 2. The summed E-state index contributed by atoms with van der Waals surface area (Å²) in [5.74, 6) is -0.162. The van der Waals surface area contributed by atoms with E-state index in [1.54, 1.807) is 24.3 Å². The number of sulfonamides is 1. The van der Waals surface area contributed by atoms with Crippen molar-refractivity contribution >= 4 is 15.9 Å². The van der Waals surface area contributed by atoms with Gasteiger partial charge in [-0.3, -0.25) is 4.79 Å². The molecule has 0 spiro atoms. The third-order valence-electron chi connectivity index (χ3n) is 4.07. The Balaban J connectivity index is 1.92. The molecule has 0 bridgehead atoms. The Kier molecular flexibility index (Phi) is 6.33. The summed E-state index contributed by atoms with van der Waals surface area (Å²) >= 11 is 0. The fourth-order valence-corrected chi connectivity index (χ4v) is 3.53. The van der Waals surface area contributed by atoms with Crippen LogP contribution in [-0.2, 0) is 14.8 Å². The monoisotopic (exact) mass is 360 g/mol. The zero-order chi connectivity index (χ0) is 18.4. The quantitative estimate of drug-likeness (QED) is 0.825. The molecule has 0 radical (unpaired) electrons. The molecule has 1 N–H and O–H groups in total. The summed E-state index contributed by atoms with van der Waals surface area (Å²) < 4.78 is 26.0. The van der Waals surface area contributed by atoms with E-state index in [-0.39, 0.29) is 23.3 Å². The minimum Gasteiger partial charge on any atom is -0.354 e. The molecule has 0 saturated heterocycles. The molecule has 0 heterocycles. The standard InChI is InChI=1S/C19H24N2O3S/c1-15-9-11-18(12-10-15)25(23,24)21(3)14-19(22)20-13-16(2)17-7-5-4-6-8-17/h4-12,16H,13-14H2,1-3H3,(H,20,22). The van der Waals surface area contributed by atoms with Crippen LogP contribution in [0.5, 0.6) is 0 Å². The zero-order valence-electron chi connectivity index (χ0n) is 14.8. The van der Waals surface area contributed by atoms with E-state index in [0.717, 1.165) is 15.4 Å². The Labute approximate surface area is 149 Å². The lowest BCUT2D eigenvalue weighted by Gasteiger charge is -2.18. The number of nitrogens with one attached hydrogen (secondary N) is 1. The summed E-state index contributed by atoms with van der Waals surface area (Å²) in [4.78, 5) is 12.3. The van der Waals surface area contributed by atoms with Gasteiger partial charge in [0.05, 0.1) is 11.4 Å². The summed E-state index contributed by atoms with van der Waals surface area (Å²) in [6.07, 6.45) is 0. The van der Waals surface area contributed by atoms with Crippen molar-refractivity contribution in [3.63, 3.8) is 0 Å². The molecular weight excluding hydrogens is 336 g/mol. The van der Waals surface area contributed by atoms with Gasteiger partial charge in [0.15, 0.2) is 0 Å². The van der Waals surface area contributed by atoms with Crippen molar-refractivity contribution in [3.05, 3.63) is 65.7 Å². The van der Waals surface area contributed by atoms with E-state index in [0.29, 0.717) is 6.54 Å². The van der Waals surface area contributed by atoms with Gasteiger partial charge in [-0.1, -0.05) is 55.0 Å². The highest BCUT2D eigenvalue weighted by atomic mass is 32.2. The maximum absolute atomic E-state index is 12.5. The van der Waals surface area contributed by atoms with E-state index in [2.05, 4.69) is 5.32 Å². The number of hydrogen-bond donors (Lipinski definition) is 1. The highest BCUT2D eigenvalue weighted by Gasteiger charge is 2.22. The van der Waals surface area contributed by atoms with Crippen LogP contribution in [0.2, 0.25) is 0 Å². The normalized spacial score (nSPS) is 12.8. The number of hydrogen-bond acceptors (Lipinski definition) is 3. The third-order valence-corrected chi connectivity index (χ3v) is 5.89. The number of aryl methyl sites for hydroxylation is 1. The first-order chi connectivity index (χ1) is 11.8. The second-order valence-corrected chi connectivity index (χ2v) is 8.23. The average molecular weight is 360 g/mol. The minimum atomic E-state index is -3.67. The zero-order valence-corrected chi connectivity index (χ0v) is 15.6. The Morgan fingerprint density at radius 3 is 2.28 bits per heavy atom. The highest BCUT2D eigenvalue weighted by molar-refractivity contribution is 7.89. The lowest BCUT2D eigenvalue weighted by atomic mass is 10.0. The summed E-state index contributed by atoms with van der Waals surface area (Å²) in [5, 5.41) is 2.80. The number of carbonyl (C=O) groups is 1. The van der Waals surface area contributed by atoms with Crippen LogP contribution >= 0.6 is 0 Å². The van der Waals surface area contributed by atoms with E-state index in [4.69, 9.17) is 0 Å². The molecule has 2 aromatic rings. The molecule has 5 nitrogen and oxygen atoms in total. The van der Waals surface area contributed by atoms with Crippen LogP contribution in [0.3, 0.4) is 0 Å². The first-order valence-electron chi connectivity index (χ1n) is 8.15. The van der Waals surface area contributed by atoms with Crippen molar-refractivity contribution in [2.24, 2.45) is 0 Å². The first kappa shape index (κ1) is 19.1. The van der Waals surface area contributed by atoms with Crippen molar-refractivity contribution in [1.29, 1.82) is 0 Å². The smallest absolute Gasteiger partial charge is 0.243 e. The van der Waals surface area contributed by atoms with Crippen molar-refractivity contribution < 1.29 is 13.2 Å². The van der Waals surface area contributed by atoms with E-state index in [9.17, 15) is 13.2 Å². The summed E-state index contributed by atoms with van der Waals surface area (Å²) in [7, 11) is -2.26. The van der Waals surface area contributed by atoms with Gasteiger partial charge in [-0.2, -0.15) is 4.31 Å². The number of carbonyl (C=O) groups excluding carboxylic acids is 1. The van der Waals surface area contributed by atoms with E-state index in [1.165, 1.54) is 7.05 Å². The largest absolute Gasteiger partial charge is 0.354 e. The fourth-order valence-electron chi connectivity index (χ4n) is 2.40. The van der Waals surface area contributed by atoms with Crippen LogP contribution in [0.1, 0.15) is 24.0 Å². The van der Waals surface area contributed by atoms with E-state index in [1.807, 2.05) is 44.2 Å². The highest BCUT2D eigenvalue weighted by Crippen LogP contribution is 2.15. The topological polar surface area (TPSA) is 66.5 Å². The van der Waals surface area contributed by atoms with Crippen molar-refractivity contribution in [2.45, 2.75) is 24.7 Å². The van der Waals surface area contributed by atoms with Crippen molar-refractivity contribution in [3.8, 4) is 0 Å². The molecule has 0 saturated carbocycles. The Morgan fingerprint density at radius 1 is 1.08 bits per heavy atom. The summed E-state index contributed by atoms with van der Waals surface area (Å²) in [6, 6.07) is 16.4. The molecule has 2 rings (SSSR count). The molecule has 0 aliphatic rings. The molecular formula is C19H24N2O3S.